The first kappa shape index (κ1) is 67.8. The second kappa shape index (κ2) is 28.9. The number of carboxylic acid groups (broad SMARTS) is 1. The molecule has 1 unspecified atom stereocenters. The van der Waals surface area contributed by atoms with Crippen LogP contribution in [-0.2, 0) is 71.3 Å². The third-order valence-corrected chi connectivity index (χ3v) is 14.6. The molecule has 37 heteroatoms. The Labute approximate surface area is 463 Å². The van der Waals surface area contributed by atoms with Crippen LogP contribution in [0.3, 0.4) is 0 Å². The van der Waals surface area contributed by atoms with E-state index in [9.17, 15) is 116 Å². The van der Waals surface area contributed by atoms with E-state index in [2.05, 4.69) is 16.0 Å². The normalized spacial score (nSPS) is 46.3. The molecule has 6 aliphatic heterocycles. The maximum absolute atomic E-state index is 13.0. The van der Waals surface area contributed by atoms with Crippen LogP contribution in [0, 0.1) is 0 Å². The molecule has 0 bridgehead atoms. The van der Waals surface area contributed by atoms with Gasteiger partial charge in [0, 0.05) is 27.2 Å². The van der Waals surface area contributed by atoms with Gasteiger partial charge in [0.15, 0.2) is 31.5 Å². The summed E-state index contributed by atoms with van der Waals surface area (Å²) >= 11 is 0. The summed E-state index contributed by atoms with van der Waals surface area (Å²) in [6, 6.07) is -5.20. The van der Waals surface area contributed by atoms with Crippen LogP contribution in [0.2, 0.25) is 0 Å². The number of carbonyl (C=O) groups excluding carboxylic acids is 3. The van der Waals surface area contributed by atoms with Gasteiger partial charge in [-0.2, -0.15) is 0 Å². The van der Waals surface area contributed by atoms with Crippen molar-refractivity contribution in [2.75, 3.05) is 39.6 Å². The van der Waals surface area contributed by atoms with E-state index in [4.69, 9.17) is 52.1 Å². The van der Waals surface area contributed by atoms with Gasteiger partial charge in [0.25, 0.3) is 5.79 Å². The Kier molecular flexibility index (Phi) is 23.9. The third-order valence-electron chi connectivity index (χ3n) is 14.6. The van der Waals surface area contributed by atoms with E-state index < -0.39 is 259 Å². The largest absolute Gasteiger partial charge is 0.477 e. The lowest BCUT2D eigenvalue weighted by molar-refractivity contribution is -0.382. The molecule has 82 heavy (non-hydrogen) atoms. The van der Waals surface area contributed by atoms with Crippen LogP contribution in [0.15, 0.2) is 0 Å². The number of hydrogen-bond acceptors (Lipinski definition) is 33. The van der Waals surface area contributed by atoms with Crippen molar-refractivity contribution in [3.63, 3.8) is 0 Å². The van der Waals surface area contributed by atoms with Crippen molar-refractivity contribution in [2.24, 2.45) is 0 Å². The molecule has 6 aliphatic rings. The number of nitrogens with one attached hydrogen (secondary N) is 3. The van der Waals surface area contributed by atoms with Crippen molar-refractivity contribution >= 4 is 23.7 Å². The number of aliphatic carboxylic acids is 1. The SMILES string of the molecule is CC(=O)N[C@H]1[C@H](OC[C@H]2OC(O)[C@H](NC(C)=O)[C@@H](O[C@@H]3O[C@H](CO)[C@H](O)[C@H](O[C@]4(C(=O)O)C[C@H](O)[C@@H](NC(C)=O)[C@H]([C@H](O)[C@H](O)CO)O4)[C@H]3O)[C@H]2O)O[C@H](CO)[C@@H](O[C@@H]2O[C@H](CO)[C@H](O[C@H]3O[C@H](CO)[C@H](O)[C@H](O)[C@H]3O)[C@H](O)[C@H]2O)[C@@H]1O. The Morgan fingerprint density at radius 3 is 1.48 bits per heavy atom. The maximum Gasteiger partial charge on any atom is 0.364 e. The number of amides is 3. The number of ether oxygens (including phenoxy) is 11. The molecule has 31 atom stereocenters. The van der Waals surface area contributed by atoms with Gasteiger partial charge in [-0.15, -0.1) is 0 Å². The van der Waals surface area contributed by atoms with E-state index in [-0.39, 0.29) is 0 Å². The summed E-state index contributed by atoms with van der Waals surface area (Å²) in [6.45, 7) is -3.13. The number of aliphatic hydroxyl groups excluding tert-OH is 18. The lowest BCUT2D eigenvalue weighted by Crippen LogP contribution is -2.71. The first-order valence-electron chi connectivity index (χ1n) is 25.7. The van der Waals surface area contributed by atoms with Crippen LogP contribution < -0.4 is 16.0 Å². The second-order valence-corrected chi connectivity index (χ2v) is 20.4. The van der Waals surface area contributed by atoms with Crippen molar-refractivity contribution in [3.05, 3.63) is 0 Å². The van der Waals surface area contributed by atoms with Gasteiger partial charge in [-0.25, -0.2) is 4.79 Å². The van der Waals surface area contributed by atoms with Crippen molar-refractivity contribution in [1.29, 1.82) is 0 Å². The molecule has 0 aromatic heterocycles. The van der Waals surface area contributed by atoms with Gasteiger partial charge in [0.1, 0.15) is 140 Å². The summed E-state index contributed by atoms with van der Waals surface area (Å²) in [7, 11) is 0. The number of hydrogen-bond donors (Lipinski definition) is 22. The van der Waals surface area contributed by atoms with Crippen molar-refractivity contribution in [3.8, 4) is 0 Å². The molecule has 0 saturated carbocycles. The first-order chi connectivity index (χ1) is 38.6. The fraction of sp³-hybridized carbons (Fsp3) is 0.911. The van der Waals surface area contributed by atoms with E-state index >= 15 is 0 Å². The quantitative estimate of drug-likeness (QED) is 0.0479. The van der Waals surface area contributed by atoms with Gasteiger partial charge in [0.2, 0.25) is 17.7 Å². The highest BCUT2D eigenvalue weighted by molar-refractivity contribution is 5.77. The number of carbonyl (C=O) groups is 4. The van der Waals surface area contributed by atoms with Crippen LogP contribution in [0.1, 0.15) is 27.2 Å². The molecule has 0 aromatic carbocycles. The zero-order chi connectivity index (χ0) is 61.0. The van der Waals surface area contributed by atoms with Crippen LogP contribution in [0.5, 0.6) is 0 Å². The molecule has 6 rings (SSSR count). The van der Waals surface area contributed by atoms with Gasteiger partial charge in [0.05, 0.1) is 51.8 Å². The van der Waals surface area contributed by atoms with E-state index in [1.807, 2.05) is 0 Å². The minimum Gasteiger partial charge on any atom is -0.477 e. The lowest BCUT2D eigenvalue weighted by Gasteiger charge is -2.51. The highest BCUT2D eigenvalue weighted by Gasteiger charge is 2.61. The van der Waals surface area contributed by atoms with Crippen LogP contribution in [-0.4, -0.2) is 350 Å². The number of rotatable bonds is 22. The summed E-state index contributed by atoms with van der Waals surface area (Å²) in [5.41, 5.74) is 0. The van der Waals surface area contributed by atoms with Gasteiger partial charge in [-0.05, 0) is 0 Å². The molecule has 6 fully saturated rings. The van der Waals surface area contributed by atoms with E-state index in [0.717, 1.165) is 20.8 Å². The molecular weight excluding hydrogens is 1130 g/mol. The van der Waals surface area contributed by atoms with Crippen LogP contribution in [0.4, 0.5) is 0 Å². The Hall–Kier alpha value is -3.28. The molecular formula is C45H75N3O34. The Morgan fingerprint density at radius 1 is 0.500 bits per heavy atom. The van der Waals surface area contributed by atoms with Crippen molar-refractivity contribution in [1.82, 2.24) is 16.0 Å². The summed E-state index contributed by atoms with van der Waals surface area (Å²) in [5, 5.41) is 211. The predicted molar refractivity (Wildman–Crippen MR) is 251 cm³/mol. The summed E-state index contributed by atoms with van der Waals surface area (Å²) in [6.07, 6.45) is -54.9. The molecule has 22 N–H and O–H groups in total. The first-order valence-corrected chi connectivity index (χ1v) is 25.7. The molecule has 6 saturated heterocycles. The molecule has 0 radical (unpaired) electrons. The summed E-state index contributed by atoms with van der Waals surface area (Å²) in [4.78, 5) is 50.1. The molecule has 0 aliphatic carbocycles. The average molecular weight is 1200 g/mol. The highest BCUT2D eigenvalue weighted by Crippen LogP contribution is 2.39. The molecule has 3 amide bonds. The number of aliphatic hydroxyl groups is 18. The van der Waals surface area contributed by atoms with Crippen molar-refractivity contribution < 1.29 is 168 Å². The fourth-order valence-corrected chi connectivity index (χ4v) is 10.3. The highest BCUT2D eigenvalue weighted by atomic mass is 16.8. The lowest BCUT2D eigenvalue weighted by atomic mass is 9.88. The minimum atomic E-state index is -3.21. The van der Waals surface area contributed by atoms with Gasteiger partial charge in [-0.1, -0.05) is 0 Å². The zero-order valence-electron chi connectivity index (χ0n) is 43.9. The van der Waals surface area contributed by atoms with Crippen molar-refractivity contribution in [2.45, 2.75) is 217 Å². The maximum atomic E-state index is 13.0. The summed E-state index contributed by atoms with van der Waals surface area (Å²) < 4.78 is 62.5. The van der Waals surface area contributed by atoms with E-state index in [1.54, 1.807) is 0 Å². The molecule has 0 aromatic rings. The Morgan fingerprint density at radius 2 is 0.951 bits per heavy atom. The van der Waals surface area contributed by atoms with Crippen LogP contribution >= 0.6 is 0 Å². The van der Waals surface area contributed by atoms with E-state index in [1.165, 1.54) is 0 Å². The molecule has 0 spiro atoms. The van der Waals surface area contributed by atoms with Gasteiger partial charge >= 0.3 is 5.97 Å². The second-order valence-electron chi connectivity index (χ2n) is 20.4. The monoisotopic (exact) mass is 1200 g/mol. The van der Waals surface area contributed by atoms with Gasteiger partial charge in [-0.3, -0.25) is 14.4 Å². The van der Waals surface area contributed by atoms with Crippen LogP contribution in [0.25, 0.3) is 0 Å². The topological polar surface area (TPSA) is 590 Å². The average Bonchev–Trinajstić information content (AvgIpc) is 3.52. The fourth-order valence-electron chi connectivity index (χ4n) is 10.3. The standard InChI is InChI=1S/C45H75N3O34/c1-11(54)46-21-14(57)4-45(44(70)71,81-37(21)24(59)15(58)5-49)82-38-26(61)17(7-51)75-43(33(38)68)80-36-23(48-13(3)56)39(69)73-20(27(36)62)10-72-40-22(47-12(2)55)28(63)34(18(8-52)76-40)78-42-32(67)30(65)35(19(9-53)77-42)79-41-31(66)29(64)25(60)16(6-50)74-41/h14-43,49-53,57-69H,4-10H2,1-3H3,(H,46,54)(H,47,55)(H,48,56)(H,70,71)/t14-,15+,16+,17+,18+,19+,20+,21+,22+,23+,24+,25-,26-,27-,28+,29-,30+,31+,32+,33+,34+,35-,36+,37+,38-,39?,40+,41+,42-,43-,45-/m0/s1. The third kappa shape index (κ3) is 14.7. The predicted octanol–water partition coefficient (Wildman–Crippen LogP) is -14.5. The Balaban J connectivity index is 1.19. The number of carboxylic acids is 1. The zero-order valence-corrected chi connectivity index (χ0v) is 43.9. The van der Waals surface area contributed by atoms with Gasteiger partial charge < -0.3 is 165 Å². The smallest absolute Gasteiger partial charge is 0.364 e. The summed E-state index contributed by atoms with van der Waals surface area (Å²) in [5.74, 6) is -7.84. The minimum absolute atomic E-state index is 0.828. The molecule has 37 nitrogen and oxygen atoms in total. The Bertz CT molecular complexity index is 2090. The van der Waals surface area contributed by atoms with E-state index in [0.29, 0.717) is 0 Å². The molecule has 6 heterocycles. The molecule has 474 valence electrons.